The molecule has 1 aliphatic heterocycles. The van der Waals surface area contributed by atoms with Crippen molar-refractivity contribution in [2.24, 2.45) is 5.92 Å². The zero-order valence-corrected chi connectivity index (χ0v) is 20.8. The molecule has 0 radical (unpaired) electrons. The van der Waals surface area contributed by atoms with Gasteiger partial charge >= 0.3 is 0 Å². The van der Waals surface area contributed by atoms with E-state index in [4.69, 9.17) is 16.6 Å². The smallest absolute Gasteiger partial charge is 0.286 e. The van der Waals surface area contributed by atoms with Crippen molar-refractivity contribution in [2.75, 3.05) is 0 Å². The Hall–Kier alpha value is -2.83. The monoisotopic (exact) mass is 503 g/mol. The van der Waals surface area contributed by atoms with Crippen LogP contribution in [0.4, 0.5) is 4.79 Å². The third-order valence-corrected chi connectivity index (χ3v) is 8.97. The van der Waals surface area contributed by atoms with Gasteiger partial charge in [-0.15, -0.1) is 0 Å². The van der Waals surface area contributed by atoms with Gasteiger partial charge in [-0.3, -0.25) is 14.9 Å². The third-order valence-electron chi connectivity index (χ3n) is 7.57. The summed E-state index contributed by atoms with van der Waals surface area (Å²) in [6, 6.07) is 14.8. The topological polar surface area (TPSA) is 74.8 Å². The number of carbonyl (C=O) groups is 2. The molecule has 1 unspecified atom stereocenters. The summed E-state index contributed by atoms with van der Waals surface area (Å²) in [5.41, 5.74) is 7.10. The normalized spacial score (nSPS) is 24.9. The van der Waals surface area contributed by atoms with Gasteiger partial charge < -0.3 is 4.98 Å². The molecule has 2 amide bonds. The number of imide groups is 1. The maximum absolute atomic E-state index is 12.0. The van der Waals surface area contributed by atoms with Gasteiger partial charge in [0.05, 0.1) is 16.3 Å². The lowest BCUT2D eigenvalue weighted by atomic mass is 9.77. The predicted octanol–water partition coefficient (Wildman–Crippen LogP) is 7.10. The average Bonchev–Trinajstić information content (AvgIpc) is 3.46. The molecule has 35 heavy (non-hydrogen) atoms. The maximum Gasteiger partial charge on any atom is 0.286 e. The van der Waals surface area contributed by atoms with E-state index in [0.717, 1.165) is 55.4 Å². The number of halogens is 1. The van der Waals surface area contributed by atoms with Gasteiger partial charge in [0.2, 0.25) is 5.91 Å². The van der Waals surface area contributed by atoms with Crippen molar-refractivity contribution < 1.29 is 9.59 Å². The molecule has 0 spiro atoms. The van der Waals surface area contributed by atoms with Crippen LogP contribution in [0.1, 0.15) is 61.4 Å². The van der Waals surface area contributed by atoms with Gasteiger partial charge in [0.1, 0.15) is 5.82 Å². The zero-order chi connectivity index (χ0) is 23.9. The number of fused-ring (bicyclic) bond motifs is 1. The van der Waals surface area contributed by atoms with Crippen molar-refractivity contribution in [1.82, 2.24) is 15.3 Å². The van der Waals surface area contributed by atoms with Crippen molar-refractivity contribution >= 4 is 56.7 Å². The van der Waals surface area contributed by atoms with Crippen LogP contribution in [-0.2, 0) is 4.79 Å². The second-order valence-electron chi connectivity index (χ2n) is 9.68. The highest BCUT2D eigenvalue weighted by molar-refractivity contribution is 8.15. The molecule has 0 bridgehead atoms. The van der Waals surface area contributed by atoms with Gasteiger partial charge in [0.25, 0.3) is 5.24 Å². The quantitative estimate of drug-likeness (QED) is 0.398. The number of rotatable bonds is 4. The number of H-pyrrole nitrogens is 1. The minimum absolute atomic E-state index is 0.101. The molecule has 1 saturated carbocycles. The Morgan fingerprint density at radius 3 is 2.34 bits per heavy atom. The molecule has 3 aromatic rings. The number of carbonyl (C=O) groups excluding carboxylic acids is 2. The van der Waals surface area contributed by atoms with E-state index in [9.17, 15) is 9.59 Å². The lowest BCUT2D eigenvalue weighted by Crippen LogP contribution is -2.31. The van der Waals surface area contributed by atoms with E-state index in [1.54, 1.807) is 0 Å². The minimum Gasteiger partial charge on any atom is -0.338 e. The number of hydrogen-bond donors (Lipinski definition) is 2. The summed E-state index contributed by atoms with van der Waals surface area (Å²) >= 11 is 7.28. The van der Waals surface area contributed by atoms with Crippen molar-refractivity contribution in [1.29, 1.82) is 0 Å². The highest BCUT2D eigenvalue weighted by atomic mass is 35.5. The summed E-state index contributed by atoms with van der Waals surface area (Å²) in [4.78, 5) is 31.6. The van der Waals surface area contributed by atoms with Crippen LogP contribution in [0, 0.1) is 5.92 Å². The molecular weight excluding hydrogens is 478 g/mol. The fourth-order valence-electron chi connectivity index (χ4n) is 5.61. The largest absolute Gasteiger partial charge is 0.338 e. The van der Waals surface area contributed by atoms with Crippen LogP contribution < -0.4 is 5.32 Å². The van der Waals surface area contributed by atoms with Gasteiger partial charge in [-0.05, 0) is 90.8 Å². The number of thioether (sulfide) groups is 1. The number of benzene rings is 2. The summed E-state index contributed by atoms with van der Waals surface area (Å²) in [6.07, 6.45) is 10.4. The fraction of sp³-hybridized carbons (Fsp3) is 0.321. The van der Waals surface area contributed by atoms with E-state index < -0.39 is 0 Å². The highest BCUT2D eigenvalue weighted by Gasteiger charge is 2.39. The van der Waals surface area contributed by atoms with E-state index in [0.29, 0.717) is 16.9 Å². The lowest BCUT2D eigenvalue weighted by Gasteiger charge is -2.30. The van der Waals surface area contributed by atoms with Crippen LogP contribution in [0.5, 0.6) is 0 Å². The highest BCUT2D eigenvalue weighted by Crippen LogP contribution is 2.42. The SMILES string of the molecule is O=C1NC(=O)C(C2CCC(c3ccc(C4=CC=C(c5nc6ccc(Cl)cc6[nH]5)CC4)cc3)CC2)S1. The van der Waals surface area contributed by atoms with Crippen LogP contribution in [0.2, 0.25) is 5.02 Å². The molecule has 2 N–H and O–H groups in total. The molecular formula is C28H26ClN3O2S. The molecule has 1 aromatic heterocycles. The van der Waals surface area contributed by atoms with E-state index in [2.05, 4.69) is 46.7 Å². The Balaban J connectivity index is 1.11. The van der Waals surface area contributed by atoms with E-state index in [-0.39, 0.29) is 16.4 Å². The number of hydrogen-bond acceptors (Lipinski definition) is 4. The van der Waals surface area contributed by atoms with Crippen molar-refractivity contribution in [2.45, 2.75) is 49.7 Å². The molecule has 6 rings (SSSR count). The molecule has 2 aliphatic carbocycles. The molecule has 5 nitrogen and oxygen atoms in total. The zero-order valence-electron chi connectivity index (χ0n) is 19.2. The van der Waals surface area contributed by atoms with Gasteiger partial charge in [-0.25, -0.2) is 4.98 Å². The lowest BCUT2D eigenvalue weighted by molar-refractivity contribution is -0.120. The first-order chi connectivity index (χ1) is 17.0. The van der Waals surface area contributed by atoms with Gasteiger partial charge in [-0.1, -0.05) is 59.8 Å². The second kappa shape index (κ2) is 9.32. The van der Waals surface area contributed by atoms with Crippen LogP contribution in [0.15, 0.2) is 54.6 Å². The molecule has 1 atom stereocenters. The van der Waals surface area contributed by atoms with Crippen molar-refractivity contribution in [3.8, 4) is 0 Å². The number of aromatic nitrogens is 2. The van der Waals surface area contributed by atoms with E-state index >= 15 is 0 Å². The van der Waals surface area contributed by atoms with Gasteiger partial charge in [0, 0.05) is 5.02 Å². The van der Waals surface area contributed by atoms with Crippen molar-refractivity contribution in [3.05, 3.63) is 76.6 Å². The Morgan fingerprint density at radius 1 is 0.914 bits per heavy atom. The molecule has 7 heteroatoms. The molecule has 2 aromatic carbocycles. The summed E-state index contributed by atoms with van der Waals surface area (Å²) < 4.78 is 0. The number of allylic oxidation sites excluding steroid dienone is 4. The molecule has 2 heterocycles. The Kier molecular flexibility index (Phi) is 6.02. The molecule has 1 saturated heterocycles. The van der Waals surface area contributed by atoms with Crippen LogP contribution in [0.3, 0.4) is 0 Å². The number of nitrogens with one attached hydrogen (secondary N) is 2. The fourth-order valence-corrected chi connectivity index (χ4v) is 6.81. The van der Waals surface area contributed by atoms with Crippen LogP contribution >= 0.6 is 23.4 Å². The summed E-state index contributed by atoms with van der Waals surface area (Å²) in [5.74, 6) is 1.65. The van der Waals surface area contributed by atoms with Gasteiger partial charge in [0.15, 0.2) is 0 Å². The molecule has 3 aliphatic rings. The minimum atomic E-state index is -0.195. The number of imidazole rings is 1. The Bertz CT molecular complexity index is 1370. The van der Waals surface area contributed by atoms with Crippen LogP contribution in [-0.4, -0.2) is 26.4 Å². The number of amides is 2. The third kappa shape index (κ3) is 4.57. The number of aromatic amines is 1. The first-order valence-corrected chi connectivity index (χ1v) is 13.5. The first kappa shape index (κ1) is 22.6. The first-order valence-electron chi connectivity index (χ1n) is 12.2. The van der Waals surface area contributed by atoms with Crippen molar-refractivity contribution in [3.63, 3.8) is 0 Å². The number of nitrogens with zero attached hydrogens (tertiary/aromatic N) is 1. The van der Waals surface area contributed by atoms with E-state index in [1.165, 1.54) is 34.0 Å². The Labute approximate surface area is 213 Å². The summed E-state index contributed by atoms with van der Waals surface area (Å²) in [5, 5.41) is 2.75. The predicted molar refractivity (Wildman–Crippen MR) is 142 cm³/mol. The maximum atomic E-state index is 12.0. The second-order valence-corrected chi connectivity index (χ2v) is 11.2. The van der Waals surface area contributed by atoms with Gasteiger partial charge in [-0.2, -0.15) is 0 Å². The average molecular weight is 504 g/mol. The Morgan fingerprint density at radius 2 is 1.66 bits per heavy atom. The van der Waals surface area contributed by atoms with Crippen LogP contribution in [0.25, 0.3) is 22.2 Å². The summed E-state index contributed by atoms with van der Waals surface area (Å²) in [6.45, 7) is 0. The molecule has 2 fully saturated rings. The standard InChI is InChI=1S/C28H26ClN3O2S/c29-22-13-14-23-24(15-22)31-26(30-23)21-11-7-19(8-12-21)17-3-1-16(2-4-17)18-5-9-20(10-6-18)25-27(33)32-28(34)35-25/h1-4,7,11,13-15,18,20,25H,5-6,8-10,12H2,(H,30,31)(H,32,33,34). The summed E-state index contributed by atoms with van der Waals surface area (Å²) in [7, 11) is 0. The van der Waals surface area contributed by atoms with E-state index in [1.807, 2.05) is 18.2 Å². The molecule has 178 valence electrons.